The molecule has 2 amide bonds. The van der Waals surface area contributed by atoms with E-state index in [0.717, 1.165) is 0 Å². The molecule has 1 atom stereocenters. The Morgan fingerprint density at radius 3 is 2.44 bits per heavy atom. The number of carbonyl (C=O) groups excluding carboxylic acids is 2. The smallest absolute Gasteiger partial charge is 0.253 e. The number of benzene rings is 2. The summed E-state index contributed by atoms with van der Waals surface area (Å²) in [5, 5.41) is 0. The molecule has 0 aromatic heterocycles. The van der Waals surface area contributed by atoms with Crippen molar-refractivity contribution >= 4 is 11.8 Å². The van der Waals surface area contributed by atoms with Crippen LogP contribution in [-0.4, -0.2) is 29.8 Å². The second-order valence-electron chi connectivity index (χ2n) is 6.29. The zero-order valence-corrected chi connectivity index (χ0v) is 13.8. The summed E-state index contributed by atoms with van der Waals surface area (Å²) in [5.41, 5.74) is 6.98. The molecule has 2 aromatic rings. The summed E-state index contributed by atoms with van der Waals surface area (Å²) in [6.07, 6.45) is 0.524. The summed E-state index contributed by atoms with van der Waals surface area (Å²) < 4.78 is 27.7. The molecule has 1 aliphatic heterocycles. The van der Waals surface area contributed by atoms with E-state index in [2.05, 4.69) is 0 Å². The van der Waals surface area contributed by atoms with Crippen molar-refractivity contribution in [2.24, 2.45) is 11.7 Å². The van der Waals surface area contributed by atoms with E-state index in [1.807, 2.05) is 0 Å². The van der Waals surface area contributed by atoms with Gasteiger partial charge in [0, 0.05) is 24.2 Å². The highest BCUT2D eigenvalue weighted by molar-refractivity contribution is 5.95. The summed E-state index contributed by atoms with van der Waals surface area (Å²) in [6.45, 7) is 2.38. The largest absolute Gasteiger partial charge is 0.369 e. The first-order valence-electron chi connectivity index (χ1n) is 8.01. The van der Waals surface area contributed by atoms with Crippen LogP contribution in [0.25, 0.3) is 11.1 Å². The van der Waals surface area contributed by atoms with Crippen LogP contribution < -0.4 is 5.73 Å². The molecule has 2 N–H and O–H groups in total. The SMILES string of the molecule is Cc1cc(F)ccc1-c1ccc(C(=O)N2CCC(C(N)=O)C2)cc1F. The predicted octanol–water partition coefficient (Wildman–Crippen LogP) is 2.89. The van der Waals surface area contributed by atoms with E-state index in [1.54, 1.807) is 13.0 Å². The molecule has 3 rings (SSSR count). The Hall–Kier alpha value is -2.76. The number of carbonyl (C=O) groups is 2. The van der Waals surface area contributed by atoms with Gasteiger partial charge in [-0.05, 0) is 48.7 Å². The lowest BCUT2D eigenvalue weighted by atomic mass is 9.98. The van der Waals surface area contributed by atoms with Crippen molar-refractivity contribution in [2.45, 2.75) is 13.3 Å². The Labute approximate surface area is 144 Å². The Kier molecular flexibility index (Phi) is 4.53. The summed E-state index contributed by atoms with van der Waals surface area (Å²) >= 11 is 0. The Balaban J connectivity index is 1.85. The predicted molar refractivity (Wildman–Crippen MR) is 89.7 cm³/mol. The third-order valence-corrected chi connectivity index (χ3v) is 4.57. The van der Waals surface area contributed by atoms with Gasteiger partial charge in [-0.1, -0.05) is 12.1 Å². The molecule has 0 spiro atoms. The van der Waals surface area contributed by atoms with Gasteiger partial charge in [-0.3, -0.25) is 9.59 Å². The fraction of sp³-hybridized carbons (Fsp3) is 0.263. The molecule has 1 saturated heterocycles. The van der Waals surface area contributed by atoms with E-state index < -0.39 is 11.7 Å². The van der Waals surface area contributed by atoms with Crippen LogP contribution in [0.2, 0.25) is 0 Å². The number of hydrogen-bond acceptors (Lipinski definition) is 2. The highest BCUT2D eigenvalue weighted by Crippen LogP contribution is 2.28. The van der Waals surface area contributed by atoms with Crippen molar-refractivity contribution in [1.82, 2.24) is 4.90 Å². The highest BCUT2D eigenvalue weighted by Gasteiger charge is 2.30. The van der Waals surface area contributed by atoms with Crippen LogP contribution in [0.5, 0.6) is 0 Å². The minimum atomic E-state index is -0.550. The van der Waals surface area contributed by atoms with Crippen LogP contribution in [0.3, 0.4) is 0 Å². The lowest BCUT2D eigenvalue weighted by Crippen LogP contribution is -2.31. The van der Waals surface area contributed by atoms with E-state index in [0.29, 0.717) is 29.7 Å². The number of nitrogens with zero attached hydrogens (tertiary/aromatic N) is 1. The Bertz CT molecular complexity index is 851. The second kappa shape index (κ2) is 6.63. The second-order valence-corrected chi connectivity index (χ2v) is 6.29. The van der Waals surface area contributed by atoms with E-state index in [4.69, 9.17) is 5.73 Å². The summed E-state index contributed by atoms with van der Waals surface area (Å²) in [7, 11) is 0. The fourth-order valence-corrected chi connectivity index (χ4v) is 3.16. The van der Waals surface area contributed by atoms with Gasteiger partial charge >= 0.3 is 0 Å². The molecular weight excluding hydrogens is 326 g/mol. The maximum absolute atomic E-state index is 14.5. The zero-order valence-electron chi connectivity index (χ0n) is 13.8. The van der Waals surface area contributed by atoms with E-state index in [1.165, 1.54) is 35.2 Å². The number of amides is 2. The topological polar surface area (TPSA) is 63.4 Å². The minimum absolute atomic E-state index is 0.214. The van der Waals surface area contributed by atoms with Crippen molar-refractivity contribution in [3.8, 4) is 11.1 Å². The van der Waals surface area contributed by atoms with Crippen LogP contribution in [-0.2, 0) is 4.79 Å². The van der Waals surface area contributed by atoms with Crippen LogP contribution in [0.4, 0.5) is 8.78 Å². The van der Waals surface area contributed by atoms with Crippen LogP contribution in [0, 0.1) is 24.5 Å². The lowest BCUT2D eigenvalue weighted by Gasteiger charge is -2.16. The van der Waals surface area contributed by atoms with Crippen molar-refractivity contribution in [1.29, 1.82) is 0 Å². The molecule has 1 fully saturated rings. The monoisotopic (exact) mass is 344 g/mol. The Morgan fingerprint density at radius 2 is 1.84 bits per heavy atom. The number of likely N-dealkylation sites (tertiary alicyclic amines) is 1. The quantitative estimate of drug-likeness (QED) is 0.930. The molecule has 4 nitrogen and oxygen atoms in total. The first kappa shape index (κ1) is 17.1. The molecule has 6 heteroatoms. The molecule has 1 unspecified atom stereocenters. The third-order valence-electron chi connectivity index (χ3n) is 4.57. The zero-order chi connectivity index (χ0) is 18.1. The summed E-state index contributed by atoms with van der Waals surface area (Å²) in [6, 6.07) is 8.36. The van der Waals surface area contributed by atoms with E-state index >= 15 is 0 Å². The van der Waals surface area contributed by atoms with Gasteiger partial charge in [0.1, 0.15) is 11.6 Å². The molecule has 0 aliphatic carbocycles. The fourth-order valence-electron chi connectivity index (χ4n) is 3.16. The Morgan fingerprint density at radius 1 is 1.12 bits per heavy atom. The van der Waals surface area contributed by atoms with Gasteiger partial charge < -0.3 is 10.6 Å². The number of hydrogen-bond donors (Lipinski definition) is 1. The molecule has 2 aromatic carbocycles. The van der Waals surface area contributed by atoms with Crippen molar-refractivity contribution < 1.29 is 18.4 Å². The van der Waals surface area contributed by atoms with Crippen molar-refractivity contribution in [2.75, 3.05) is 13.1 Å². The van der Waals surface area contributed by atoms with Crippen LogP contribution in [0.15, 0.2) is 36.4 Å². The first-order valence-corrected chi connectivity index (χ1v) is 8.01. The molecule has 0 radical (unpaired) electrons. The van der Waals surface area contributed by atoms with Crippen molar-refractivity contribution in [3.63, 3.8) is 0 Å². The van der Waals surface area contributed by atoms with Gasteiger partial charge in [-0.2, -0.15) is 0 Å². The van der Waals surface area contributed by atoms with Gasteiger partial charge in [0.25, 0.3) is 5.91 Å². The van der Waals surface area contributed by atoms with Crippen LogP contribution >= 0.6 is 0 Å². The summed E-state index contributed by atoms with van der Waals surface area (Å²) in [5.74, 6) is -2.04. The summed E-state index contributed by atoms with van der Waals surface area (Å²) in [4.78, 5) is 25.2. The molecule has 0 bridgehead atoms. The van der Waals surface area contributed by atoms with Gasteiger partial charge in [-0.15, -0.1) is 0 Å². The van der Waals surface area contributed by atoms with E-state index in [9.17, 15) is 18.4 Å². The van der Waals surface area contributed by atoms with Gasteiger partial charge in [0.05, 0.1) is 5.92 Å². The minimum Gasteiger partial charge on any atom is -0.369 e. The van der Waals surface area contributed by atoms with E-state index in [-0.39, 0.29) is 29.8 Å². The maximum Gasteiger partial charge on any atom is 0.253 e. The van der Waals surface area contributed by atoms with Gasteiger partial charge in [0.15, 0.2) is 0 Å². The molecule has 1 heterocycles. The standard InChI is InChI=1S/C19H18F2N2O2/c1-11-8-14(20)3-5-15(11)16-4-2-12(9-17(16)21)19(25)23-7-6-13(10-23)18(22)24/h2-5,8-9,13H,6-7,10H2,1H3,(H2,22,24). The molecule has 1 aliphatic rings. The molecule has 130 valence electrons. The average molecular weight is 344 g/mol. The highest BCUT2D eigenvalue weighted by atomic mass is 19.1. The van der Waals surface area contributed by atoms with Crippen molar-refractivity contribution in [3.05, 3.63) is 59.2 Å². The lowest BCUT2D eigenvalue weighted by molar-refractivity contribution is -0.121. The number of primary amides is 1. The van der Waals surface area contributed by atoms with Gasteiger partial charge in [0.2, 0.25) is 5.91 Å². The molecule has 0 saturated carbocycles. The molecule has 25 heavy (non-hydrogen) atoms. The van der Waals surface area contributed by atoms with Crippen LogP contribution in [0.1, 0.15) is 22.3 Å². The number of halogens is 2. The number of rotatable bonds is 3. The normalized spacial score (nSPS) is 16.9. The number of aryl methyl sites for hydroxylation is 1. The van der Waals surface area contributed by atoms with Gasteiger partial charge in [-0.25, -0.2) is 8.78 Å². The first-order chi connectivity index (χ1) is 11.9. The number of nitrogens with two attached hydrogens (primary N) is 1. The molecular formula is C19H18F2N2O2. The average Bonchev–Trinajstić information content (AvgIpc) is 3.05. The maximum atomic E-state index is 14.5. The third kappa shape index (κ3) is 3.38.